The Hall–Kier alpha value is -1.69. The summed E-state index contributed by atoms with van der Waals surface area (Å²) in [6, 6.07) is 3.21. The van der Waals surface area contributed by atoms with Crippen molar-refractivity contribution in [3.05, 3.63) is 35.4 Å². The van der Waals surface area contributed by atoms with Crippen molar-refractivity contribution in [1.82, 2.24) is 15.1 Å². The quantitative estimate of drug-likeness (QED) is 0.928. The molecule has 2 heterocycles. The highest BCUT2D eigenvalue weighted by atomic mass is 19.1. The Labute approximate surface area is 135 Å². The second-order valence-corrected chi connectivity index (χ2v) is 6.47. The molecular weight excluding hydrogens is 300 g/mol. The van der Waals surface area contributed by atoms with Crippen molar-refractivity contribution in [1.29, 1.82) is 0 Å². The number of amides is 2. The van der Waals surface area contributed by atoms with Crippen LogP contribution < -0.4 is 5.32 Å². The van der Waals surface area contributed by atoms with Gasteiger partial charge >= 0.3 is 6.03 Å². The van der Waals surface area contributed by atoms with E-state index in [4.69, 9.17) is 0 Å². The van der Waals surface area contributed by atoms with Crippen LogP contribution in [0, 0.1) is 11.6 Å². The minimum atomic E-state index is -0.630. The first-order valence-corrected chi connectivity index (χ1v) is 8.29. The molecule has 4 nitrogen and oxygen atoms in total. The molecule has 0 saturated carbocycles. The van der Waals surface area contributed by atoms with Crippen LogP contribution in [-0.2, 0) is 0 Å². The predicted octanol–water partition coefficient (Wildman–Crippen LogP) is 2.91. The van der Waals surface area contributed by atoms with Gasteiger partial charge < -0.3 is 10.2 Å². The van der Waals surface area contributed by atoms with Crippen LogP contribution in [0.1, 0.15) is 37.8 Å². The number of carbonyl (C=O) groups is 1. The molecular formula is C17H23F2N3O. The summed E-state index contributed by atoms with van der Waals surface area (Å²) >= 11 is 0. The zero-order valence-electron chi connectivity index (χ0n) is 13.4. The largest absolute Gasteiger partial charge is 0.331 e. The fraction of sp³-hybridized carbons (Fsp3) is 0.588. The van der Waals surface area contributed by atoms with Crippen molar-refractivity contribution in [2.24, 2.45) is 0 Å². The fourth-order valence-corrected chi connectivity index (χ4v) is 3.54. The number of hydrogen-bond donors (Lipinski definition) is 1. The highest BCUT2D eigenvalue weighted by Crippen LogP contribution is 2.22. The van der Waals surface area contributed by atoms with Gasteiger partial charge in [-0.2, -0.15) is 0 Å². The topological polar surface area (TPSA) is 35.6 Å². The van der Waals surface area contributed by atoms with Gasteiger partial charge in [0, 0.05) is 30.8 Å². The highest BCUT2D eigenvalue weighted by Gasteiger charge is 2.32. The molecule has 1 aromatic rings. The minimum absolute atomic E-state index is 0.178. The van der Waals surface area contributed by atoms with E-state index in [9.17, 15) is 13.6 Å². The Morgan fingerprint density at radius 2 is 2.00 bits per heavy atom. The first-order chi connectivity index (χ1) is 11.0. The molecule has 0 spiro atoms. The maximum atomic E-state index is 13.8. The number of hydrogen-bond acceptors (Lipinski definition) is 2. The summed E-state index contributed by atoms with van der Waals surface area (Å²) in [4.78, 5) is 16.6. The van der Waals surface area contributed by atoms with E-state index < -0.39 is 17.7 Å². The number of rotatable bonds is 3. The van der Waals surface area contributed by atoms with E-state index in [1.54, 1.807) is 11.8 Å². The summed E-state index contributed by atoms with van der Waals surface area (Å²) in [5, 5.41) is 2.82. The van der Waals surface area contributed by atoms with Crippen molar-refractivity contribution >= 4 is 6.03 Å². The van der Waals surface area contributed by atoms with Crippen LogP contribution in [0.25, 0.3) is 0 Å². The lowest BCUT2D eigenvalue weighted by Crippen LogP contribution is -2.42. The number of urea groups is 1. The standard InChI is InChI=1S/C17H23F2N3O/c1-12(15-5-4-13(18)10-16(15)19)20-17(23)22-9-6-14(11-22)21-7-2-3-8-21/h4-5,10,12,14H,2-3,6-9,11H2,1H3,(H,20,23). The molecule has 2 unspecified atom stereocenters. The summed E-state index contributed by atoms with van der Waals surface area (Å²) in [5.74, 6) is -1.24. The van der Waals surface area contributed by atoms with Gasteiger partial charge in [0.2, 0.25) is 0 Å². The first kappa shape index (κ1) is 16.2. The van der Waals surface area contributed by atoms with E-state index >= 15 is 0 Å². The van der Waals surface area contributed by atoms with Crippen LogP contribution >= 0.6 is 0 Å². The van der Waals surface area contributed by atoms with E-state index in [2.05, 4.69) is 10.2 Å². The van der Waals surface area contributed by atoms with Gasteiger partial charge in [-0.15, -0.1) is 0 Å². The Morgan fingerprint density at radius 3 is 2.70 bits per heavy atom. The number of nitrogens with zero attached hydrogens (tertiary/aromatic N) is 2. The second kappa shape index (κ2) is 6.83. The summed E-state index contributed by atoms with van der Waals surface area (Å²) in [6.07, 6.45) is 3.47. The van der Waals surface area contributed by atoms with Crippen molar-refractivity contribution in [3.8, 4) is 0 Å². The molecule has 23 heavy (non-hydrogen) atoms. The van der Waals surface area contributed by atoms with Gasteiger partial charge in [0.15, 0.2) is 0 Å². The second-order valence-electron chi connectivity index (χ2n) is 6.47. The summed E-state index contributed by atoms with van der Waals surface area (Å²) in [6.45, 7) is 5.41. The monoisotopic (exact) mass is 323 g/mol. The van der Waals surface area contributed by atoms with Crippen LogP contribution in [0.5, 0.6) is 0 Å². The average molecular weight is 323 g/mol. The maximum Gasteiger partial charge on any atom is 0.317 e. The molecule has 126 valence electrons. The third-order valence-electron chi connectivity index (χ3n) is 4.88. The molecule has 0 bridgehead atoms. The molecule has 0 radical (unpaired) electrons. The molecule has 0 aliphatic carbocycles. The summed E-state index contributed by atoms with van der Waals surface area (Å²) < 4.78 is 26.8. The zero-order valence-corrected chi connectivity index (χ0v) is 13.4. The van der Waals surface area contributed by atoms with Crippen LogP contribution in [0.2, 0.25) is 0 Å². The molecule has 2 amide bonds. The van der Waals surface area contributed by atoms with Gasteiger partial charge in [-0.05, 0) is 45.3 Å². The maximum absolute atomic E-state index is 13.8. The lowest BCUT2D eigenvalue weighted by atomic mass is 10.1. The Morgan fingerprint density at radius 1 is 1.26 bits per heavy atom. The number of halogens is 2. The molecule has 2 atom stereocenters. The van der Waals surface area contributed by atoms with Crippen molar-refractivity contribution in [3.63, 3.8) is 0 Å². The Balaban J connectivity index is 1.56. The summed E-state index contributed by atoms with van der Waals surface area (Å²) in [5.41, 5.74) is 0.301. The number of benzene rings is 1. The van der Waals surface area contributed by atoms with E-state index in [0.717, 1.165) is 38.7 Å². The van der Waals surface area contributed by atoms with Crippen molar-refractivity contribution in [2.45, 2.75) is 38.3 Å². The fourth-order valence-electron chi connectivity index (χ4n) is 3.54. The summed E-state index contributed by atoms with van der Waals surface area (Å²) in [7, 11) is 0. The molecule has 1 aromatic carbocycles. The van der Waals surface area contributed by atoms with Crippen molar-refractivity contribution in [2.75, 3.05) is 26.2 Å². The lowest BCUT2D eigenvalue weighted by Gasteiger charge is -2.25. The number of likely N-dealkylation sites (tertiary alicyclic amines) is 2. The third kappa shape index (κ3) is 3.63. The molecule has 3 rings (SSSR count). The Bertz CT molecular complexity index is 575. The van der Waals surface area contributed by atoms with Crippen molar-refractivity contribution < 1.29 is 13.6 Å². The van der Waals surface area contributed by atoms with Gasteiger partial charge in [0.05, 0.1) is 6.04 Å². The molecule has 0 aromatic heterocycles. The number of carbonyl (C=O) groups excluding carboxylic acids is 1. The highest BCUT2D eigenvalue weighted by molar-refractivity contribution is 5.75. The van der Waals surface area contributed by atoms with Gasteiger partial charge in [0.1, 0.15) is 11.6 Å². The molecule has 1 N–H and O–H groups in total. The van der Waals surface area contributed by atoms with Crippen LogP contribution in [0.15, 0.2) is 18.2 Å². The van der Waals surface area contributed by atoms with Crippen LogP contribution in [0.4, 0.5) is 13.6 Å². The normalized spacial score (nSPS) is 23.3. The molecule has 2 aliphatic rings. The molecule has 2 aliphatic heterocycles. The van der Waals surface area contributed by atoms with Gasteiger partial charge in [-0.25, -0.2) is 13.6 Å². The van der Waals surface area contributed by atoms with Crippen LogP contribution in [0.3, 0.4) is 0 Å². The van der Waals surface area contributed by atoms with E-state index in [-0.39, 0.29) is 6.03 Å². The SMILES string of the molecule is CC(NC(=O)N1CCC(N2CCCC2)C1)c1ccc(F)cc1F. The average Bonchev–Trinajstić information content (AvgIpc) is 3.18. The minimum Gasteiger partial charge on any atom is -0.331 e. The van der Waals surface area contributed by atoms with E-state index in [1.165, 1.54) is 25.0 Å². The van der Waals surface area contributed by atoms with E-state index in [0.29, 0.717) is 11.6 Å². The molecule has 2 fully saturated rings. The predicted molar refractivity (Wildman–Crippen MR) is 84.1 cm³/mol. The van der Waals surface area contributed by atoms with Crippen LogP contribution in [-0.4, -0.2) is 48.1 Å². The van der Waals surface area contributed by atoms with E-state index in [1.807, 2.05) is 0 Å². The smallest absolute Gasteiger partial charge is 0.317 e. The lowest BCUT2D eigenvalue weighted by molar-refractivity contribution is 0.195. The number of nitrogens with one attached hydrogen (secondary N) is 1. The van der Waals surface area contributed by atoms with Gasteiger partial charge in [-0.3, -0.25) is 4.90 Å². The zero-order chi connectivity index (χ0) is 16.4. The third-order valence-corrected chi connectivity index (χ3v) is 4.88. The van der Waals surface area contributed by atoms with Gasteiger partial charge in [0.25, 0.3) is 0 Å². The Kier molecular flexibility index (Phi) is 4.80. The first-order valence-electron chi connectivity index (χ1n) is 8.29. The molecule has 6 heteroatoms. The van der Waals surface area contributed by atoms with Gasteiger partial charge in [-0.1, -0.05) is 6.07 Å². The molecule has 2 saturated heterocycles.